The van der Waals surface area contributed by atoms with E-state index in [-0.39, 0.29) is 0 Å². The summed E-state index contributed by atoms with van der Waals surface area (Å²) in [6.45, 7) is 6.98. The first-order chi connectivity index (χ1) is 33.9. The van der Waals surface area contributed by atoms with Crippen LogP contribution in [0.25, 0.3) is 56.9 Å². The summed E-state index contributed by atoms with van der Waals surface area (Å²) in [6, 6.07) is 43.7. The minimum absolute atomic E-state index is 0.343. The van der Waals surface area contributed by atoms with Crippen molar-refractivity contribution in [3.8, 4) is 56.9 Å². The molecule has 0 N–H and O–H groups in total. The fourth-order valence-electron chi connectivity index (χ4n) is 7.15. The molecule has 0 amide bonds. The molecule has 0 unspecified atom stereocenters. The van der Waals surface area contributed by atoms with E-state index in [2.05, 4.69) is 99.7 Å². The zero-order valence-corrected chi connectivity index (χ0v) is 43.5. The monoisotopic (exact) mass is 1060 g/mol. The second-order valence-electron chi connectivity index (χ2n) is 15.8. The summed E-state index contributed by atoms with van der Waals surface area (Å²) < 4.78 is 6.10. The number of pyridine rings is 5. The molecule has 13 nitrogen and oxygen atoms in total. The molecule has 16 heteroatoms. The zero-order valence-electron chi connectivity index (χ0n) is 39.1. The number of hydrogen-bond donors (Lipinski definition) is 0. The van der Waals surface area contributed by atoms with Crippen LogP contribution < -0.4 is 3.71 Å². The SMILES string of the molecule is CCC[CH2][Sn]([CH2]CCC)([CH2]CCC)[c]1ccccn1.Clc1ccc(-c2ccc(Cl)nn2)nn1.c1ccc(-c2ccc(-c3ccc(-c4ccccn4)nn3)nn2)nc1.c1ccc(-c2ccccn2)nc1. The van der Waals surface area contributed by atoms with E-state index < -0.39 is 18.4 Å². The van der Waals surface area contributed by atoms with Gasteiger partial charge in [0.15, 0.2) is 10.3 Å². The third-order valence-electron chi connectivity index (χ3n) is 10.8. The predicted molar refractivity (Wildman–Crippen MR) is 279 cm³/mol. The van der Waals surface area contributed by atoms with Gasteiger partial charge >= 0.3 is 124 Å². The number of nitrogens with zero attached hydrogens (tertiary/aromatic N) is 13. The van der Waals surface area contributed by atoms with Gasteiger partial charge in [0.2, 0.25) is 0 Å². The van der Waals surface area contributed by atoms with Gasteiger partial charge in [-0.15, -0.1) is 40.8 Å². The van der Waals surface area contributed by atoms with Crippen molar-refractivity contribution >= 4 is 45.3 Å². The van der Waals surface area contributed by atoms with Crippen molar-refractivity contribution < 1.29 is 0 Å². The number of unbranched alkanes of at least 4 members (excludes halogenated alkanes) is 3. The summed E-state index contributed by atoms with van der Waals surface area (Å²) in [5.41, 5.74) is 7.38. The minimum Gasteiger partial charge on any atom is -0.255 e. The van der Waals surface area contributed by atoms with Crippen molar-refractivity contribution in [2.45, 2.75) is 72.6 Å². The van der Waals surface area contributed by atoms with Gasteiger partial charge in [-0.3, -0.25) is 19.9 Å². The number of rotatable bonds is 15. The molecule has 0 saturated carbocycles. The minimum atomic E-state index is -2.21. The molecular formula is C53H55Cl2N13Sn. The van der Waals surface area contributed by atoms with Gasteiger partial charge in [-0.1, -0.05) is 47.5 Å². The van der Waals surface area contributed by atoms with Crippen LogP contribution in [-0.4, -0.2) is 84.1 Å². The van der Waals surface area contributed by atoms with Crippen LogP contribution >= 0.6 is 23.2 Å². The molecule has 0 aliphatic rings. The van der Waals surface area contributed by atoms with Crippen LogP contribution in [0.1, 0.15) is 59.3 Å². The molecule has 0 aromatic carbocycles. The van der Waals surface area contributed by atoms with Crippen LogP contribution in [0.15, 0.2) is 171 Å². The number of halogens is 2. The molecule has 0 aliphatic carbocycles. The Hall–Kier alpha value is -6.55. The van der Waals surface area contributed by atoms with E-state index in [0.717, 1.165) is 34.2 Å². The van der Waals surface area contributed by atoms with Gasteiger partial charge < -0.3 is 0 Å². The Labute approximate surface area is 418 Å². The van der Waals surface area contributed by atoms with E-state index in [0.29, 0.717) is 33.1 Å². The Balaban J connectivity index is 0.000000157. The van der Waals surface area contributed by atoms with Crippen molar-refractivity contribution in [2.24, 2.45) is 0 Å². The van der Waals surface area contributed by atoms with E-state index >= 15 is 0 Å². The van der Waals surface area contributed by atoms with Gasteiger partial charge in [0.05, 0.1) is 22.8 Å². The quantitative estimate of drug-likeness (QED) is 0.0890. The Kier molecular flexibility index (Phi) is 21.6. The van der Waals surface area contributed by atoms with E-state index in [1.807, 2.05) is 103 Å². The van der Waals surface area contributed by atoms with Crippen LogP contribution in [0.3, 0.4) is 0 Å². The summed E-state index contributed by atoms with van der Waals surface area (Å²) in [4.78, 5) is 21.7. The van der Waals surface area contributed by atoms with Crippen molar-refractivity contribution in [1.29, 1.82) is 0 Å². The number of aromatic nitrogens is 13. The largest absolute Gasteiger partial charge is 0.255 e. The smallest absolute Gasteiger partial charge is 0.151 e. The fourth-order valence-corrected chi connectivity index (χ4v) is 22.8. The van der Waals surface area contributed by atoms with Crippen molar-refractivity contribution in [3.63, 3.8) is 0 Å². The maximum absolute atomic E-state index is 5.59. The summed E-state index contributed by atoms with van der Waals surface area (Å²) >= 11 is 8.98. The van der Waals surface area contributed by atoms with Crippen LogP contribution in [0.4, 0.5) is 0 Å². The third-order valence-corrected chi connectivity index (χ3v) is 26.4. The second-order valence-corrected chi connectivity index (χ2v) is 29.6. The van der Waals surface area contributed by atoms with E-state index in [1.165, 1.54) is 51.8 Å². The van der Waals surface area contributed by atoms with E-state index in [1.54, 1.807) is 52.8 Å². The molecule has 0 fully saturated rings. The maximum Gasteiger partial charge on any atom is 0.151 e. The van der Waals surface area contributed by atoms with Crippen LogP contribution in [-0.2, 0) is 0 Å². The van der Waals surface area contributed by atoms with Crippen LogP contribution in [0, 0.1) is 0 Å². The van der Waals surface area contributed by atoms with Gasteiger partial charge in [0, 0.05) is 24.8 Å². The Morgan fingerprint density at radius 2 is 0.580 bits per heavy atom. The molecule has 0 radical (unpaired) electrons. The first-order valence-electron chi connectivity index (χ1n) is 23.1. The molecule has 350 valence electrons. The van der Waals surface area contributed by atoms with Crippen molar-refractivity contribution in [1.82, 2.24) is 65.7 Å². The third kappa shape index (κ3) is 16.6. The number of hydrogen-bond acceptors (Lipinski definition) is 13. The first kappa shape index (κ1) is 51.8. The molecular weight excluding hydrogens is 1010 g/mol. The molecule has 9 aromatic rings. The Bertz CT molecular complexity index is 2590. The van der Waals surface area contributed by atoms with Crippen LogP contribution in [0.2, 0.25) is 23.6 Å². The molecule has 9 heterocycles. The van der Waals surface area contributed by atoms with Gasteiger partial charge in [0.1, 0.15) is 34.2 Å². The fraction of sp³-hybridized carbons (Fsp3) is 0.226. The predicted octanol–water partition coefficient (Wildman–Crippen LogP) is 12.6. The molecule has 0 atom stereocenters. The Morgan fingerprint density at radius 1 is 0.304 bits per heavy atom. The van der Waals surface area contributed by atoms with Gasteiger partial charge in [-0.2, -0.15) is 0 Å². The van der Waals surface area contributed by atoms with Crippen molar-refractivity contribution in [2.75, 3.05) is 0 Å². The topological polar surface area (TPSA) is 168 Å². The maximum atomic E-state index is 5.59. The standard InChI is InChI=1S/C18H12N6.C10H8N2.C8H4Cl2N4.C5H4N.3C4H9.Sn/c1-3-11-19-13(5-1)15-7-9-17(23-21-15)18-10-8-16(22-24-18)14-6-2-4-12-20-14;1-3-7-11-9(5-1)10-6-2-4-8-12-10;9-7-3-1-5(11-13-7)6-2-4-8(10)14-12-6;1-2-4-6-5-3-1;3*1-3-4-2;/h1-12H;1-8H;1-4H;1-4H;3*1,3-4H2,2H3;. The summed E-state index contributed by atoms with van der Waals surface area (Å²) in [5.74, 6) is 0. The van der Waals surface area contributed by atoms with Gasteiger partial charge in [-0.25, -0.2) is 0 Å². The van der Waals surface area contributed by atoms with Gasteiger partial charge in [0.25, 0.3) is 0 Å². The normalized spacial score (nSPS) is 10.6. The average Bonchev–Trinajstić information content (AvgIpc) is 3.43. The summed E-state index contributed by atoms with van der Waals surface area (Å²) in [5, 5.41) is 32.6. The van der Waals surface area contributed by atoms with Crippen LogP contribution in [0.5, 0.6) is 0 Å². The molecule has 9 aromatic heterocycles. The first-order valence-corrected chi connectivity index (χ1v) is 31.4. The zero-order chi connectivity index (χ0) is 48.4. The summed E-state index contributed by atoms with van der Waals surface area (Å²) in [6.07, 6.45) is 17.3. The molecule has 0 spiro atoms. The van der Waals surface area contributed by atoms with Gasteiger partial charge in [-0.05, 0) is 97.1 Å². The van der Waals surface area contributed by atoms with Crippen molar-refractivity contribution in [3.05, 3.63) is 181 Å². The molecule has 0 aliphatic heterocycles. The van der Waals surface area contributed by atoms with E-state index in [9.17, 15) is 0 Å². The molecule has 9 rings (SSSR count). The Morgan fingerprint density at radius 3 is 0.826 bits per heavy atom. The second kappa shape index (κ2) is 28.7. The molecule has 0 bridgehead atoms. The molecule has 69 heavy (non-hydrogen) atoms. The average molecular weight is 1060 g/mol. The molecule has 0 saturated heterocycles. The summed E-state index contributed by atoms with van der Waals surface area (Å²) in [7, 11) is 0. The van der Waals surface area contributed by atoms with E-state index in [4.69, 9.17) is 28.2 Å².